The molecule has 1 spiro atoms. The average molecular weight is 522 g/mol. The third-order valence-corrected chi connectivity index (χ3v) is 8.85. The van der Waals surface area contributed by atoms with Gasteiger partial charge in [-0.3, -0.25) is 19.3 Å². The first-order chi connectivity index (χ1) is 17.7. The Balaban J connectivity index is 1.67. The van der Waals surface area contributed by atoms with E-state index >= 15 is 0 Å². The van der Waals surface area contributed by atoms with Gasteiger partial charge >= 0.3 is 5.97 Å². The minimum absolute atomic E-state index is 0.00834. The second kappa shape index (κ2) is 11.4. The van der Waals surface area contributed by atoms with Crippen LogP contribution in [0.1, 0.15) is 40.0 Å². The number of hydrogen-bond acceptors (Lipinski definition) is 8. The van der Waals surface area contributed by atoms with Crippen molar-refractivity contribution in [2.24, 2.45) is 17.8 Å². The Labute approximate surface area is 219 Å². The topological polar surface area (TPSA) is 109 Å². The number of rotatable bonds is 12. The van der Waals surface area contributed by atoms with E-state index in [1.807, 2.05) is 13.8 Å². The predicted molar refractivity (Wildman–Crippen MR) is 135 cm³/mol. The summed E-state index contributed by atoms with van der Waals surface area (Å²) >= 11 is 0. The van der Waals surface area contributed by atoms with E-state index in [1.54, 1.807) is 22.8 Å². The van der Waals surface area contributed by atoms with Crippen LogP contribution >= 0.6 is 0 Å². The van der Waals surface area contributed by atoms with E-state index in [1.165, 1.54) is 0 Å². The minimum Gasteiger partial charge on any atom is -0.466 e. The lowest BCUT2D eigenvalue weighted by Crippen LogP contribution is -2.57. The normalized spacial score (nSPS) is 35.0. The zero-order valence-corrected chi connectivity index (χ0v) is 22.5. The summed E-state index contributed by atoms with van der Waals surface area (Å²) in [6, 6.07) is -0.836. The second-order valence-electron chi connectivity index (χ2n) is 10.9. The summed E-state index contributed by atoms with van der Waals surface area (Å²) in [7, 11) is 0. The van der Waals surface area contributed by atoms with E-state index in [4.69, 9.17) is 14.2 Å². The van der Waals surface area contributed by atoms with Gasteiger partial charge < -0.3 is 29.1 Å². The Kier molecular flexibility index (Phi) is 8.62. The van der Waals surface area contributed by atoms with Crippen LogP contribution in [0.4, 0.5) is 0 Å². The van der Waals surface area contributed by atoms with Crippen LogP contribution in [0.3, 0.4) is 0 Å². The highest BCUT2D eigenvalue weighted by Gasteiger charge is 2.80. The lowest BCUT2D eigenvalue weighted by Gasteiger charge is -2.38. The molecule has 0 aromatic rings. The molecule has 1 N–H and O–H groups in total. The molecule has 0 aromatic carbocycles. The summed E-state index contributed by atoms with van der Waals surface area (Å²) in [5.74, 6) is -2.38. The van der Waals surface area contributed by atoms with Gasteiger partial charge in [0.05, 0.1) is 31.3 Å². The van der Waals surface area contributed by atoms with Gasteiger partial charge in [0.2, 0.25) is 11.8 Å². The summed E-state index contributed by atoms with van der Waals surface area (Å²) in [5, 5.41) is 9.35. The smallest absolute Gasteiger partial charge is 0.312 e. The SMILES string of the molecule is C=CCN(CCN1CCOCC1)C(=O)C1N(CCCCO)C(=O)[C@@H]2[C@@H](C(=O)OCC)[C@]3(C)OC12CC3C. The van der Waals surface area contributed by atoms with Crippen molar-refractivity contribution in [3.05, 3.63) is 12.7 Å². The van der Waals surface area contributed by atoms with Gasteiger partial charge in [0.15, 0.2) is 0 Å². The molecule has 4 aliphatic rings. The van der Waals surface area contributed by atoms with Crippen LogP contribution in [0.15, 0.2) is 12.7 Å². The molecular formula is C27H43N3O7. The van der Waals surface area contributed by atoms with Gasteiger partial charge in [0.25, 0.3) is 0 Å². The molecule has 3 unspecified atom stereocenters. The van der Waals surface area contributed by atoms with E-state index in [0.717, 1.165) is 13.1 Å². The molecule has 4 rings (SSSR count). The maximum absolute atomic E-state index is 14.3. The molecule has 6 atom stereocenters. The van der Waals surface area contributed by atoms with Crippen molar-refractivity contribution in [3.8, 4) is 0 Å². The zero-order valence-electron chi connectivity index (χ0n) is 22.5. The van der Waals surface area contributed by atoms with Crippen LogP contribution in [-0.4, -0.2) is 121 Å². The molecule has 4 fully saturated rings. The van der Waals surface area contributed by atoms with Crippen LogP contribution < -0.4 is 0 Å². The molecule has 4 saturated heterocycles. The molecule has 0 saturated carbocycles. The van der Waals surface area contributed by atoms with E-state index in [9.17, 15) is 19.5 Å². The number of carbonyl (C=O) groups excluding carboxylic acids is 3. The van der Waals surface area contributed by atoms with Crippen molar-refractivity contribution >= 4 is 17.8 Å². The molecular weight excluding hydrogens is 478 g/mol. The molecule has 2 bridgehead atoms. The Morgan fingerprint density at radius 1 is 1.27 bits per heavy atom. The van der Waals surface area contributed by atoms with Crippen LogP contribution in [0.25, 0.3) is 0 Å². The second-order valence-corrected chi connectivity index (χ2v) is 10.9. The highest BCUT2D eigenvalue weighted by Crippen LogP contribution is 2.65. The van der Waals surface area contributed by atoms with E-state index < -0.39 is 35.0 Å². The van der Waals surface area contributed by atoms with Crippen LogP contribution in [0.5, 0.6) is 0 Å². The van der Waals surface area contributed by atoms with Gasteiger partial charge in [-0.2, -0.15) is 0 Å². The molecule has 0 radical (unpaired) electrons. The summed E-state index contributed by atoms with van der Waals surface area (Å²) in [6.45, 7) is 14.6. The van der Waals surface area contributed by atoms with E-state index in [2.05, 4.69) is 11.5 Å². The van der Waals surface area contributed by atoms with Crippen LogP contribution in [0, 0.1) is 17.8 Å². The maximum Gasteiger partial charge on any atom is 0.312 e. The van der Waals surface area contributed by atoms with Gasteiger partial charge in [-0.1, -0.05) is 13.0 Å². The van der Waals surface area contributed by atoms with Gasteiger partial charge in [0.1, 0.15) is 17.6 Å². The van der Waals surface area contributed by atoms with Crippen molar-refractivity contribution < 1.29 is 33.7 Å². The van der Waals surface area contributed by atoms with Crippen LogP contribution in [-0.2, 0) is 28.6 Å². The highest BCUT2D eigenvalue weighted by molar-refractivity contribution is 5.98. The monoisotopic (exact) mass is 521 g/mol. The molecule has 37 heavy (non-hydrogen) atoms. The molecule has 0 aliphatic carbocycles. The van der Waals surface area contributed by atoms with Gasteiger partial charge in [0, 0.05) is 45.9 Å². The maximum atomic E-state index is 14.3. The number of amides is 2. The Morgan fingerprint density at radius 2 is 2.00 bits per heavy atom. The lowest BCUT2D eigenvalue weighted by molar-refractivity contribution is -0.162. The molecule has 208 valence electrons. The van der Waals surface area contributed by atoms with Gasteiger partial charge in [-0.15, -0.1) is 6.58 Å². The fourth-order valence-corrected chi connectivity index (χ4v) is 6.95. The molecule has 2 amide bonds. The van der Waals surface area contributed by atoms with Crippen molar-refractivity contribution in [2.75, 3.05) is 65.7 Å². The van der Waals surface area contributed by atoms with Gasteiger partial charge in [-0.25, -0.2) is 0 Å². The molecule has 0 aromatic heterocycles. The van der Waals surface area contributed by atoms with E-state index in [0.29, 0.717) is 58.7 Å². The fraction of sp³-hybridized carbons (Fsp3) is 0.815. The number of fused-ring (bicyclic) bond motifs is 1. The van der Waals surface area contributed by atoms with E-state index in [-0.39, 0.29) is 30.9 Å². The first kappa shape index (κ1) is 28.0. The summed E-state index contributed by atoms with van der Waals surface area (Å²) in [4.78, 5) is 47.2. The standard InChI is InChI=1S/C27H43N3O7/c1-5-9-29(12-11-28-13-16-35-17-14-28)24(33)22-27-18-19(3)26(4,37-27)21(25(34)36-6-2)20(27)23(32)30(22)10-7-8-15-31/h5,19-22,31H,1,6-18H2,2-4H3/t19?,20-,21-,22?,26+,27?/m0/s1. The number of ether oxygens (including phenoxy) is 3. The number of carbonyl (C=O) groups is 3. The quantitative estimate of drug-likeness (QED) is 0.227. The zero-order chi connectivity index (χ0) is 26.8. The largest absolute Gasteiger partial charge is 0.466 e. The molecule has 4 aliphatic heterocycles. The fourth-order valence-electron chi connectivity index (χ4n) is 6.95. The number of aliphatic hydroxyl groups is 1. The summed E-state index contributed by atoms with van der Waals surface area (Å²) in [6.07, 6.45) is 3.30. The Bertz CT molecular complexity index is 878. The lowest BCUT2D eigenvalue weighted by atomic mass is 9.62. The van der Waals surface area contributed by atoms with Crippen molar-refractivity contribution in [1.29, 1.82) is 0 Å². The number of unbranched alkanes of at least 4 members (excludes halogenated alkanes) is 1. The minimum atomic E-state index is -1.09. The number of esters is 1. The summed E-state index contributed by atoms with van der Waals surface area (Å²) < 4.78 is 17.6. The first-order valence-electron chi connectivity index (χ1n) is 13.7. The summed E-state index contributed by atoms with van der Waals surface area (Å²) in [5.41, 5.74) is -1.96. The van der Waals surface area contributed by atoms with Crippen molar-refractivity contribution in [2.45, 2.75) is 57.3 Å². The molecule has 10 heteroatoms. The molecule has 10 nitrogen and oxygen atoms in total. The third-order valence-electron chi connectivity index (χ3n) is 8.85. The number of likely N-dealkylation sites (tertiary alicyclic amines) is 1. The van der Waals surface area contributed by atoms with Crippen LogP contribution in [0.2, 0.25) is 0 Å². The number of nitrogens with zero attached hydrogens (tertiary/aromatic N) is 3. The number of aliphatic hydroxyl groups excluding tert-OH is 1. The third kappa shape index (κ3) is 4.82. The van der Waals surface area contributed by atoms with Crippen molar-refractivity contribution in [3.63, 3.8) is 0 Å². The van der Waals surface area contributed by atoms with Crippen molar-refractivity contribution in [1.82, 2.24) is 14.7 Å². The highest BCUT2D eigenvalue weighted by atomic mass is 16.6. The van der Waals surface area contributed by atoms with Gasteiger partial charge in [-0.05, 0) is 39.0 Å². The number of hydrogen-bond donors (Lipinski definition) is 1. The molecule has 4 heterocycles. The first-order valence-corrected chi connectivity index (χ1v) is 13.7. The Morgan fingerprint density at radius 3 is 2.65 bits per heavy atom. The Hall–Kier alpha value is -2.01. The average Bonchev–Trinajstić information content (AvgIpc) is 3.39. The number of morpholine rings is 1. The predicted octanol–water partition coefficient (Wildman–Crippen LogP) is 0.680.